The van der Waals surface area contributed by atoms with E-state index in [1.54, 1.807) is 6.20 Å². The molecule has 1 aliphatic heterocycles. The fourth-order valence-electron chi connectivity index (χ4n) is 2.92. The molecule has 29 heavy (non-hydrogen) atoms. The molecule has 6 N–H and O–H groups in total. The molecule has 0 saturated carbocycles. The third kappa shape index (κ3) is 5.26. The van der Waals surface area contributed by atoms with Crippen molar-refractivity contribution in [2.24, 2.45) is 5.16 Å². The standard InChI is InChI=1S/C16H20N2O9S2/c19-7-11-13(20)14(21)15(22)16(26-11)28-12(18-27-29(23,24)25)5-8-6-17-10-4-2-1-3-9(8)10/h1-4,6,11,13-17,19-22H,5,7H2,(H,23,24,25)/b18-12-/t11-,13-,14+,15-,16+/m1/s1. The van der Waals surface area contributed by atoms with Crippen molar-refractivity contribution >= 4 is 38.1 Å². The first-order chi connectivity index (χ1) is 13.7. The van der Waals surface area contributed by atoms with Gasteiger partial charge in [0, 0.05) is 23.5 Å². The summed E-state index contributed by atoms with van der Waals surface area (Å²) in [7, 11) is -4.87. The molecule has 5 atom stereocenters. The van der Waals surface area contributed by atoms with Crippen molar-refractivity contribution in [1.82, 2.24) is 4.98 Å². The molecule has 0 amide bonds. The van der Waals surface area contributed by atoms with Gasteiger partial charge in [-0.25, -0.2) is 4.28 Å². The Labute approximate surface area is 169 Å². The molecule has 3 rings (SSSR count). The van der Waals surface area contributed by atoms with E-state index in [-0.39, 0.29) is 11.5 Å². The molecule has 1 fully saturated rings. The van der Waals surface area contributed by atoms with Gasteiger partial charge in [-0.15, -0.1) is 0 Å². The molecule has 2 heterocycles. The minimum absolute atomic E-state index is 0.00305. The van der Waals surface area contributed by atoms with Crippen molar-refractivity contribution in [2.45, 2.75) is 36.3 Å². The average Bonchev–Trinajstić information content (AvgIpc) is 3.08. The molecule has 0 bridgehead atoms. The van der Waals surface area contributed by atoms with Crippen LogP contribution in [0.3, 0.4) is 0 Å². The number of nitrogens with one attached hydrogen (secondary N) is 1. The molecule has 0 aliphatic carbocycles. The number of aromatic nitrogens is 1. The van der Waals surface area contributed by atoms with Gasteiger partial charge in [0.25, 0.3) is 0 Å². The number of H-pyrrole nitrogens is 1. The number of hydrogen-bond donors (Lipinski definition) is 6. The number of aliphatic hydroxyl groups is 4. The summed E-state index contributed by atoms with van der Waals surface area (Å²) >= 11 is 0.727. The summed E-state index contributed by atoms with van der Waals surface area (Å²) in [4.78, 5) is 3.05. The van der Waals surface area contributed by atoms with Gasteiger partial charge in [0.15, 0.2) is 0 Å². The zero-order valence-electron chi connectivity index (χ0n) is 14.8. The maximum atomic E-state index is 10.9. The minimum atomic E-state index is -4.87. The van der Waals surface area contributed by atoms with Crippen LogP contribution in [0.2, 0.25) is 0 Å². The Hall–Kier alpha value is -1.71. The average molecular weight is 448 g/mol. The highest BCUT2D eigenvalue weighted by Gasteiger charge is 2.44. The third-order valence-corrected chi connectivity index (χ3v) is 5.73. The Morgan fingerprint density at radius 2 is 1.93 bits per heavy atom. The van der Waals surface area contributed by atoms with Gasteiger partial charge in [-0.2, -0.15) is 8.42 Å². The molecule has 0 radical (unpaired) electrons. The molecular weight excluding hydrogens is 428 g/mol. The van der Waals surface area contributed by atoms with E-state index in [4.69, 9.17) is 9.29 Å². The number of benzene rings is 1. The normalized spacial score (nSPS) is 28.6. The monoisotopic (exact) mass is 448 g/mol. The van der Waals surface area contributed by atoms with Gasteiger partial charge in [-0.1, -0.05) is 35.1 Å². The highest BCUT2D eigenvalue weighted by molar-refractivity contribution is 8.14. The van der Waals surface area contributed by atoms with Gasteiger partial charge in [-0.3, -0.25) is 4.55 Å². The van der Waals surface area contributed by atoms with E-state index in [9.17, 15) is 28.8 Å². The lowest BCUT2D eigenvalue weighted by molar-refractivity contribution is -0.205. The van der Waals surface area contributed by atoms with E-state index in [0.717, 1.165) is 28.2 Å². The largest absolute Gasteiger partial charge is 0.466 e. The molecule has 13 heteroatoms. The van der Waals surface area contributed by atoms with Crippen molar-refractivity contribution in [3.8, 4) is 0 Å². The number of hydrogen-bond acceptors (Lipinski definition) is 10. The Morgan fingerprint density at radius 3 is 2.62 bits per heavy atom. The van der Waals surface area contributed by atoms with Crippen LogP contribution in [-0.2, 0) is 25.8 Å². The van der Waals surface area contributed by atoms with Crippen molar-refractivity contribution in [2.75, 3.05) is 6.61 Å². The molecular formula is C16H20N2O9S2. The lowest BCUT2D eigenvalue weighted by atomic mass is 10.0. The molecule has 1 aromatic heterocycles. The topological polar surface area (TPSA) is 182 Å². The number of aromatic amines is 1. The van der Waals surface area contributed by atoms with Crippen LogP contribution in [0, 0.1) is 0 Å². The van der Waals surface area contributed by atoms with Crippen LogP contribution >= 0.6 is 11.8 Å². The lowest BCUT2D eigenvalue weighted by Crippen LogP contribution is -2.57. The van der Waals surface area contributed by atoms with E-state index in [1.165, 1.54) is 0 Å². The van der Waals surface area contributed by atoms with Crippen LogP contribution in [0.4, 0.5) is 0 Å². The van der Waals surface area contributed by atoms with E-state index < -0.39 is 46.9 Å². The summed E-state index contributed by atoms with van der Waals surface area (Å²) < 4.78 is 40.2. The highest BCUT2D eigenvalue weighted by atomic mass is 32.3. The zero-order chi connectivity index (χ0) is 21.2. The van der Waals surface area contributed by atoms with Crippen molar-refractivity contribution in [3.63, 3.8) is 0 Å². The van der Waals surface area contributed by atoms with Crippen LogP contribution in [0.25, 0.3) is 10.9 Å². The van der Waals surface area contributed by atoms with Gasteiger partial charge in [0.05, 0.1) is 6.61 Å². The van der Waals surface area contributed by atoms with Gasteiger partial charge in [0.1, 0.15) is 34.9 Å². The quantitative estimate of drug-likeness (QED) is 0.144. The van der Waals surface area contributed by atoms with Gasteiger partial charge >= 0.3 is 10.4 Å². The van der Waals surface area contributed by atoms with Crippen LogP contribution in [0.5, 0.6) is 0 Å². The number of fused-ring (bicyclic) bond motifs is 1. The molecule has 0 spiro atoms. The van der Waals surface area contributed by atoms with Crippen molar-refractivity contribution < 1.29 is 42.4 Å². The van der Waals surface area contributed by atoms with E-state index in [1.807, 2.05) is 24.3 Å². The van der Waals surface area contributed by atoms with Gasteiger partial charge in [0.2, 0.25) is 0 Å². The number of aliphatic hydroxyl groups excluding tert-OH is 4. The second kappa shape index (κ2) is 8.97. The Bertz CT molecular complexity index is 976. The summed E-state index contributed by atoms with van der Waals surface area (Å²) in [5, 5.41) is 43.5. The molecule has 0 unspecified atom stereocenters. The van der Waals surface area contributed by atoms with E-state index in [0.29, 0.717) is 0 Å². The number of oxime groups is 1. The molecule has 2 aromatic rings. The number of para-hydroxylation sites is 1. The second-order valence-corrected chi connectivity index (χ2v) is 8.51. The van der Waals surface area contributed by atoms with Crippen LogP contribution < -0.4 is 0 Å². The first-order valence-electron chi connectivity index (χ1n) is 8.44. The van der Waals surface area contributed by atoms with E-state index in [2.05, 4.69) is 14.4 Å². The van der Waals surface area contributed by atoms with Gasteiger partial charge in [-0.05, 0) is 11.6 Å². The molecule has 1 aromatic carbocycles. The van der Waals surface area contributed by atoms with E-state index >= 15 is 0 Å². The smallest absolute Gasteiger partial charge is 0.394 e. The number of thioether (sulfide) groups is 1. The third-order valence-electron chi connectivity index (χ3n) is 4.35. The second-order valence-electron chi connectivity index (χ2n) is 6.34. The number of nitrogens with zero attached hydrogens (tertiary/aromatic N) is 1. The van der Waals surface area contributed by atoms with Crippen LogP contribution in [0.15, 0.2) is 35.6 Å². The van der Waals surface area contributed by atoms with Gasteiger partial charge < -0.3 is 30.1 Å². The minimum Gasteiger partial charge on any atom is -0.394 e. The fraction of sp³-hybridized carbons (Fsp3) is 0.438. The van der Waals surface area contributed by atoms with Crippen LogP contribution in [-0.4, -0.2) is 79.9 Å². The first-order valence-corrected chi connectivity index (χ1v) is 10.7. The summed E-state index contributed by atoms with van der Waals surface area (Å²) in [6.45, 7) is -0.613. The lowest BCUT2D eigenvalue weighted by Gasteiger charge is -2.39. The summed E-state index contributed by atoms with van der Waals surface area (Å²) in [6.07, 6.45) is -4.11. The number of ether oxygens (including phenoxy) is 1. The Balaban J connectivity index is 1.85. The SMILES string of the molecule is O=S(=O)(O)O/N=C(/Cc1c[nH]c2ccccc12)S[C@@H]1O[C@H](CO)[C@@H](O)[C@H](O)[C@H]1O. The fourth-order valence-corrected chi connectivity index (χ4v) is 4.24. The maximum absolute atomic E-state index is 10.9. The van der Waals surface area contributed by atoms with Crippen LogP contribution in [0.1, 0.15) is 5.56 Å². The molecule has 160 valence electrons. The molecule has 1 aliphatic rings. The first kappa shape index (κ1) is 22.0. The summed E-state index contributed by atoms with van der Waals surface area (Å²) in [5.74, 6) is 0. The Morgan fingerprint density at radius 1 is 1.21 bits per heavy atom. The predicted molar refractivity (Wildman–Crippen MR) is 103 cm³/mol. The maximum Gasteiger partial charge on any atom is 0.466 e. The predicted octanol–water partition coefficient (Wildman–Crippen LogP) is -0.624. The van der Waals surface area contributed by atoms with Crippen molar-refractivity contribution in [3.05, 3.63) is 36.0 Å². The number of rotatable bonds is 6. The zero-order valence-corrected chi connectivity index (χ0v) is 16.5. The molecule has 11 nitrogen and oxygen atoms in total. The highest BCUT2D eigenvalue weighted by Crippen LogP contribution is 2.31. The van der Waals surface area contributed by atoms with Crippen molar-refractivity contribution in [1.29, 1.82) is 0 Å². The molecule has 1 saturated heterocycles. The summed E-state index contributed by atoms with van der Waals surface area (Å²) in [5.41, 5.74) is 0.352. The Kier molecular flexibility index (Phi) is 6.80. The summed E-state index contributed by atoms with van der Waals surface area (Å²) in [6, 6.07) is 7.33.